The van der Waals surface area contributed by atoms with Gasteiger partial charge in [-0.3, -0.25) is 0 Å². The highest BCUT2D eigenvalue weighted by Gasteiger charge is 2.53. The molecule has 0 N–H and O–H groups in total. The van der Waals surface area contributed by atoms with Crippen LogP contribution in [0.4, 0.5) is 0 Å². The van der Waals surface area contributed by atoms with E-state index in [-0.39, 0.29) is 13.2 Å². The largest absolute Gasteiger partial charge is 0.490 e. The van der Waals surface area contributed by atoms with E-state index in [1.165, 1.54) is 32.1 Å². The summed E-state index contributed by atoms with van der Waals surface area (Å²) < 4.78 is 15.9. The Hall–Kier alpha value is -2.30. The lowest BCUT2D eigenvalue weighted by Gasteiger charge is -2.31. The lowest BCUT2D eigenvalue weighted by atomic mass is 9.76. The number of fused-ring (bicyclic) bond motifs is 5. The third-order valence-corrected chi connectivity index (χ3v) is 6.70. The minimum atomic E-state index is -0.567. The van der Waals surface area contributed by atoms with Crippen molar-refractivity contribution in [2.24, 2.45) is 29.6 Å². The Morgan fingerprint density at radius 2 is 1.64 bits per heavy atom. The first-order valence-electron chi connectivity index (χ1n) is 10.4. The molecule has 3 saturated carbocycles. The van der Waals surface area contributed by atoms with Crippen molar-refractivity contribution >= 4 is 11.9 Å². The third kappa shape index (κ3) is 4.40. The molecule has 3 aliphatic carbocycles. The fourth-order valence-corrected chi connectivity index (χ4v) is 5.64. The van der Waals surface area contributed by atoms with Gasteiger partial charge in [-0.15, -0.1) is 0 Å². The lowest BCUT2D eigenvalue weighted by Crippen LogP contribution is -2.28. The maximum Gasteiger partial charge on any atom is 0.331 e. The molecule has 3 fully saturated rings. The van der Waals surface area contributed by atoms with E-state index in [0.717, 1.165) is 41.6 Å². The Kier molecular flexibility index (Phi) is 5.98. The van der Waals surface area contributed by atoms with Crippen molar-refractivity contribution < 1.29 is 23.8 Å². The average Bonchev–Trinajstić information content (AvgIpc) is 3.42. The van der Waals surface area contributed by atoms with E-state index in [1.54, 1.807) is 0 Å². The second kappa shape index (κ2) is 8.80. The molecule has 0 radical (unpaired) electrons. The molecule has 5 heteroatoms. The molecule has 2 bridgehead atoms. The fourth-order valence-electron chi connectivity index (χ4n) is 5.64. The van der Waals surface area contributed by atoms with Crippen LogP contribution in [0.2, 0.25) is 0 Å². The number of ether oxygens (including phenoxy) is 3. The molecule has 4 rings (SSSR count). The van der Waals surface area contributed by atoms with Gasteiger partial charge >= 0.3 is 11.9 Å². The first-order chi connectivity index (χ1) is 13.7. The highest BCUT2D eigenvalue weighted by molar-refractivity contribution is 5.91. The number of rotatable bonds is 8. The van der Waals surface area contributed by atoms with E-state index in [1.807, 2.05) is 30.3 Å². The third-order valence-electron chi connectivity index (χ3n) is 6.70. The van der Waals surface area contributed by atoms with Gasteiger partial charge in [0.25, 0.3) is 0 Å². The van der Waals surface area contributed by atoms with Gasteiger partial charge in [-0.2, -0.15) is 0 Å². The second-order valence-electron chi connectivity index (χ2n) is 8.21. The zero-order valence-electron chi connectivity index (χ0n) is 16.1. The topological polar surface area (TPSA) is 61.8 Å². The second-order valence-corrected chi connectivity index (χ2v) is 8.21. The molecule has 0 amide bonds. The minimum Gasteiger partial charge on any atom is -0.490 e. The number of hydrogen-bond acceptors (Lipinski definition) is 5. The van der Waals surface area contributed by atoms with Crippen LogP contribution in [0, 0.1) is 29.6 Å². The highest BCUT2D eigenvalue weighted by Crippen LogP contribution is 2.60. The maximum absolute atomic E-state index is 11.9. The Balaban J connectivity index is 1.11. The van der Waals surface area contributed by atoms with Crippen LogP contribution in [0.15, 0.2) is 42.5 Å². The number of esters is 2. The average molecular weight is 384 g/mol. The number of para-hydroxylation sites is 1. The van der Waals surface area contributed by atoms with Gasteiger partial charge in [0.15, 0.2) is 0 Å². The predicted octanol–water partition coefficient (Wildman–Crippen LogP) is 3.78. The standard InChI is InChI=1S/C23H28O5/c24-22(27-12-11-26-18-5-2-1-3-6-18)9-10-23(25)28-15-17-13-16-14-21(17)20-8-4-7-19(16)20/h1-3,5-6,9-10,16-17,19-21H,4,7-8,11-15H2. The molecule has 3 aliphatic rings. The number of hydrogen-bond donors (Lipinski definition) is 0. The van der Waals surface area contributed by atoms with E-state index < -0.39 is 11.9 Å². The van der Waals surface area contributed by atoms with Crippen LogP contribution in [-0.4, -0.2) is 31.8 Å². The van der Waals surface area contributed by atoms with E-state index in [2.05, 4.69) is 0 Å². The normalized spacial score (nSPS) is 30.4. The summed E-state index contributed by atoms with van der Waals surface area (Å²) in [5, 5.41) is 0. The van der Waals surface area contributed by atoms with Gasteiger partial charge in [0.2, 0.25) is 0 Å². The van der Waals surface area contributed by atoms with Crippen LogP contribution in [0.25, 0.3) is 0 Å². The molecule has 1 aromatic carbocycles. The summed E-state index contributed by atoms with van der Waals surface area (Å²) in [5.74, 6) is 3.59. The monoisotopic (exact) mass is 384 g/mol. The molecule has 0 spiro atoms. The van der Waals surface area contributed by atoms with Crippen LogP contribution in [0.3, 0.4) is 0 Å². The number of carbonyl (C=O) groups is 2. The summed E-state index contributed by atoms with van der Waals surface area (Å²) in [6, 6.07) is 9.32. The molecule has 0 heterocycles. The molecule has 5 atom stereocenters. The Morgan fingerprint density at radius 1 is 0.893 bits per heavy atom. The van der Waals surface area contributed by atoms with Crippen molar-refractivity contribution in [2.45, 2.75) is 32.1 Å². The molecule has 1 aromatic rings. The van der Waals surface area contributed by atoms with Gasteiger partial charge in [0, 0.05) is 12.2 Å². The van der Waals surface area contributed by atoms with Gasteiger partial charge in [0.1, 0.15) is 19.0 Å². The summed E-state index contributed by atoms with van der Waals surface area (Å²) in [6.45, 7) is 0.870. The van der Waals surface area contributed by atoms with E-state index in [9.17, 15) is 9.59 Å². The SMILES string of the molecule is O=C(C=CC(=O)OCC1CC2CC1C1CCCC21)OCCOc1ccccc1. The van der Waals surface area contributed by atoms with Crippen molar-refractivity contribution in [1.82, 2.24) is 0 Å². The zero-order valence-corrected chi connectivity index (χ0v) is 16.1. The molecule has 0 saturated heterocycles. The van der Waals surface area contributed by atoms with Crippen LogP contribution in [-0.2, 0) is 19.1 Å². The van der Waals surface area contributed by atoms with Crippen molar-refractivity contribution in [3.05, 3.63) is 42.5 Å². The Morgan fingerprint density at radius 3 is 2.46 bits per heavy atom. The Bertz CT molecular complexity index is 713. The summed E-state index contributed by atoms with van der Waals surface area (Å²) in [7, 11) is 0. The molecule has 0 aromatic heterocycles. The summed E-state index contributed by atoms with van der Waals surface area (Å²) >= 11 is 0. The fraction of sp³-hybridized carbons (Fsp3) is 0.565. The molecule has 5 nitrogen and oxygen atoms in total. The van der Waals surface area contributed by atoms with Gasteiger partial charge < -0.3 is 14.2 Å². The lowest BCUT2D eigenvalue weighted by molar-refractivity contribution is -0.142. The van der Waals surface area contributed by atoms with E-state index >= 15 is 0 Å². The Labute approximate surface area is 166 Å². The van der Waals surface area contributed by atoms with Crippen LogP contribution < -0.4 is 4.74 Å². The van der Waals surface area contributed by atoms with Crippen molar-refractivity contribution in [1.29, 1.82) is 0 Å². The van der Waals surface area contributed by atoms with Crippen molar-refractivity contribution in [2.75, 3.05) is 19.8 Å². The van der Waals surface area contributed by atoms with Gasteiger partial charge in [0.05, 0.1) is 6.61 Å². The summed E-state index contributed by atoms with van der Waals surface area (Å²) in [6.07, 6.45) is 8.94. The van der Waals surface area contributed by atoms with Gasteiger partial charge in [-0.05, 0) is 67.4 Å². The quantitative estimate of drug-likeness (QED) is 0.388. The molecule has 0 aliphatic heterocycles. The first kappa shape index (κ1) is 19.0. The molecular formula is C23H28O5. The molecule has 150 valence electrons. The van der Waals surface area contributed by atoms with Crippen molar-refractivity contribution in [3.8, 4) is 5.75 Å². The number of carbonyl (C=O) groups excluding carboxylic acids is 2. The summed E-state index contributed by atoms with van der Waals surface area (Å²) in [5.41, 5.74) is 0. The van der Waals surface area contributed by atoms with Crippen LogP contribution in [0.1, 0.15) is 32.1 Å². The zero-order chi connectivity index (χ0) is 19.3. The highest BCUT2D eigenvalue weighted by atomic mass is 16.6. The molecule has 5 unspecified atom stereocenters. The van der Waals surface area contributed by atoms with Gasteiger partial charge in [-0.25, -0.2) is 9.59 Å². The van der Waals surface area contributed by atoms with Gasteiger partial charge in [-0.1, -0.05) is 24.6 Å². The van der Waals surface area contributed by atoms with Crippen molar-refractivity contribution in [3.63, 3.8) is 0 Å². The van der Waals surface area contributed by atoms with Crippen LogP contribution in [0.5, 0.6) is 5.75 Å². The van der Waals surface area contributed by atoms with E-state index in [4.69, 9.17) is 14.2 Å². The van der Waals surface area contributed by atoms with E-state index in [0.29, 0.717) is 12.5 Å². The maximum atomic E-state index is 11.9. The minimum absolute atomic E-state index is 0.126. The molecular weight excluding hydrogens is 356 g/mol. The van der Waals surface area contributed by atoms with Crippen LogP contribution >= 0.6 is 0 Å². The predicted molar refractivity (Wildman–Crippen MR) is 104 cm³/mol. The summed E-state index contributed by atoms with van der Waals surface area (Å²) in [4.78, 5) is 23.6. The number of benzene rings is 1. The molecule has 28 heavy (non-hydrogen) atoms. The smallest absolute Gasteiger partial charge is 0.331 e. The first-order valence-corrected chi connectivity index (χ1v) is 10.4.